The Labute approximate surface area is 131 Å². The lowest BCUT2D eigenvalue weighted by atomic mass is 9.79. The second-order valence-corrected chi connectivity index (χ2v) is 6.36. The molecule has 2 rings (SSSR count). The van der Waals surface area contributed by atoms with Crippen molar-refractivity contribution < 1.29 is 4.74 Å². The molecular weight excluding hydrogens is 293 g/mol. The van der Waals surface area contributed by atoms with Gasteiger partial charge in [0.15, 0.2) is 0 Å². The Kier molecular flexibility index (Phi) is 6.01. The maximum atomic E-state index is 6.42. The minimum absolute atomic E-state index is 0.288. The molecule has 1 aliphatic rings. The number of halogens is 2. The van der Waals surface area contributed by atoms with Crippen molar-refractivity contribution in [3.8, 4) is 5.75 Å². The van der Waals surface area contributed by atoms with Crippen LogP contribution < -0.4 is 10.1 Å². The summed E-state index contributed by atoms with van der Waals surface area (Å²) in [7, 11) is 1.61. The van der Waals surface area contributed by atoms with Crippen molar-refractivity contribution in [2.75, 3.05) is 13.7 Å². The topological polar surface area (TPSA) is 21.3 Å². The molecule has 1 N–H and O–H groups in total. The van der Waals surface area contributed by atoms with Crippen LogP contribution in [-0.4, -0.2) is 13.7 Å². The molecule has 0 bridgehead atoms. The van der Waals surface area contributed by atoms with Crippen molar-refractivity contribution in [2.45, 2.75) is 45.1 Å². The molecule has 1 aliphatic carbocycles. The number of ether oxygens (including phenoxy) is 1. The zero-order valence-corrected chi connectivity index (χ0v) is 13.7. The van der Waals surface area contributed by atoms with Crippen molar-refractivity contribution in [1.29, 1.82) is 0 Å². The summed E-state index contributed by atoms with van der Waals surface area (Å²) in [5.74, 6) is 1.46. The first-order valence-electron chi connectivity index (χ1n) is 7.42. The van der Waals surface area contributed by atoms with Gasteiger partial charge in [0.05, 0.1) is 12.1 Å². The summed E-state index contributed by atoms with van der Waals surface area (Å²) in [6.07, 6.45) is 6.30. The molecule has 2 nitrogen and oxygen atoms in total. The van der Waals surface area contributed by atoms with Crippen LogP contribution in [0.3, 0.4) is 0 Å². The highest BCUT2D eigenvalue weighted by Crippen LogP contribution is 2.39. The first kappa shape index (κ1) is 15.9. The van der Waals surface area contributed by atoms with Gasteiger partial charge in [-0.15, -0.1) is 0 Å². The molecule has 0 saturated heterocycles. The predicted octanol–water partition coefficient (Wildman–Crippen LogP) is 5.23. The van der Waals surface area contributed by atoms with E-state index in [0.717, 1.165) is 35.9 Å². The highest BCUT2D eigenvalue weighted by atomic mass is 35.5. The summed E-state index contributed by atoms with van der Waals surface area (Å²) < 4.78 is 5.22. The van der Waals surface area contributed by atoms with Crippen molar-refractivity contribution >= 4 is 23.2 Å². The predicted molar refractivity (Wildman–Crippen MR) is 86.0 cm³/mol. The lowest BCUT2D eigenvalue weighted by Gasteiger charge is -2.31. The van der Waals surface area contributed by atoms with Gasteiger partial charge >= 0.3 is 0 Å². The molecule has 1 aromatic carbocycles. The number of hydrogen-bond donors (Lipinski definition) is 1. The fourth-order valence-corrected chi connectivity index (χ4v) is 3.20. The van der Waals surface area contributed by atoms with Crippen LogP contribution in [0.5, 0.6) is 5.75 Å². The van der Waals surface area contributed by atoms with E-state index in [0.29, 0.717) is 10.8 Å². The molecular formula is C16H23Cl2NO. The van der Waals surface area contributed by atoms with Gasteiger partial charge in [0.2, 0.25) is 0 Å². The molecule has 1 unspecified atom stereocenters. The van der Waals surface area contributed by atoms with Gasteiger partial charge in [0, 0.05) is 17.1 Å². The number of benzene rings is 1. The molecule has 0 radical (unpaired) electrons. The van der Waals surface area contributed by atoms with Gasteiger partial charge in [0.1, 0.15) is 5.75 Å². The molecule has 1 saturated carbocycles. The van der Waals surface area contributed by atoms with Crippen LogP contribution in [0, 0.1) is 5.92 Å². The standard InChI is InChI=1S/C16H23Cl2NO/c1-3-7-19-15(8-11-5-4-6-11)12-9-14(18)16(20-2)10-13(12)17/h9-11,15,19H,3-8H2,1-2H3. The smallest absolute Gasteiger partial charge is 0.138 e. The van der Waals surface area contributed by atoms with Crippen molar-refractivity contribution in [3.63, 3.8) is 0 Å². The van der Waals surface area contributed by atoms with Crippen LogP contribution in [0.25, 0.3) is 0 Å². The number of methoxy groups -OCH3 is 1. The van der Waals surface area contributed by atoms with E-state index >= 15 is 0 Å². The summed E-state index contributed by atoms with van der Waals surface area (Å²) >= 11 is 12.7. The van der Waals surface area contributed by atoms with E-state index in [1.54, 1.807) is 7.11 Å². The van der Waals surface area contributed by atoms with Gasteiger partial charge in [-0.1, -0.05) is 49.4 Å². The molecule has 0 spiro atoms. The summed E-state index contributed by atoms with van der Waals surface area (Å²) in [4.78, 5) is 0. The van der Waals surface area contributed by atoms with Crippen LogP contribution in [-0.2, 0) is 0 Å². The van der Waals surface area contributed by atoms with Gasteiger partial charge in [-0.2, -0.15) is 0 Å². The van der Waals surface area contributed by atoms with Crippen LogP contribution in [0.4, 0.5) is 0 Å². The summed E-state index contributed by atoms with van der Waals surface area (Å²) in [5, 5.41) is 4.97. The molecule has 20 heavy (non-hydrogen) atoms. The Hall–Kier alpha value is -0.440. The van der Waals surface area contributed by atoms with E-state index in [2.05, 4.69) is 12.2 Å². The van der Waals surface area contributed by atoms with Gasteiger partial charge in [-0.3, -0.25) is 0 Å². The van der Waals surface area contributed by atoms with E-state index < -0.39 is 0 Å². The van der Waals surface area contributed by atoms with Gasteiger partial charge in [-0.25, -0.2) is 0 Å². The second kappa shape index (κ2) is 7.53. The molecule has 1 aromatic rings. The Morgan fingerprint density at radius 1 is 1.30 bits per heavy atom. The Morgan fingerprint density at radius 3 is 2.60 bits per heavy atom. The molecule has 112 valence electrons. The zero-order valence-electron chi connectivity index (χ0n) is 12.2. The maximum Gasteiger partial charge on any atom is 0.138 e. The third-order valence-corrected chi connectivity index (χ3v) is 4.70. The van der Waals surface area contributed by atoms with E-state index in [4.69, 9.17) is 27.9 Å². The molecule has 1 fully saturated rings. The van der Waals surface area contributed by atoms with Crippen LogP contribution in [0.2, 0.25) is 10.0 Å². The summed E-state index contributed by atoms with van der Waals surface area (Å²) in [6.45, 7) is 3.17. The van der Waals surface area contributed by atoms with Gasteiger partial charge < -0.3 is 10.1 Å². The SMILES string of the molecule is CCCNC(CC1CCC1)c1cc(Cl)c(OC)cc1Cl. The van der Waals surface area contributed by atoms with Crippen molar-refractivity contribution in [3.05, 3.63) is 27.7 Å². The minimum Gasteiger partial charge on any atom is -0.495 e. The highest BCUT2D eigenvalue weighted by molar-refractivity contribution is 6.34. The van der Waals surface area contributed by atoms with Gasteiger partial charge in [-0.05, 0) is 36.9 Å². The maximum absolute atomic E-state index is 6.42. The first-order valence-corrected chi connectivity index (χ1v) is 8.17. The van der Waals surface area contributed by atoms with E-state index in [-0.39, 0.29) is 6.04 Å². The van der Waals surface area contributed by atoms with Gasteiger partial charge in [0.25, 0.3) is 0 Å². The van der Waals surface area contributed by atoms with E-state index in [1.807, 2.05) is 12.1 Å². The van der Waals surface area contributed by atoms with Crippen LogP contribution >= 0.6 is 23.2 Å². The summed E-state index contributed by atoms with van der Waals surface area (Å²) in [6, 6.07) is 4.06. The third-order valence-electron chi connectivity index (χ3n) is 4.08. The fraction of sp³-hybridized carbons (Fsp3) is 0.625. The molecule has 0 amide bonds. The van der Waals surface area contributed by atoms with Crippen LogP contribution in [0.1, 0.15) is 50.6 Å². The van der Waals surface area contributed by atoms with E-state index in [9.17, 15) is 0 Å². The third kappa shape index (κ3) is 3.81. The minimum atomic E-state index is 0.288. The quantitative estimate of drug-likeness (QED) is 0.743. The molecule has 0 aliphatic heterocycles. The second-order valence-electron chi connectivity index (χ2n) is 5.55. The lowest BCUT2D eigenvalue weighted by Crippen LogP contribution is -2.27. The number of hydrogen-bond acceptors (Lipinski definition) is 2. The zero-order chi connectivity index (χ0) is 14.5. The first-order chi connectivity index (χ1) is 9.65. The molecule has 0 aromatic heterocycles. The monoisotopic (exact) mass is 315 g/mol. The Balaban J connectivity index is 2.19. The molecule has 0 heterocycles. The van der Waals surface area contributed by atoms with E-state index in [1.165, 1.54) is 19.3 Å². The molecule has 1 atom stereocenters. The lowest BCUT2D eigenvalue weighted by molar-refractivity contribution is 0.261. The average molecular weight is 316 g/mol. The fourth-order valence-electron chi connectivity index (χ4n) is 2.67. The van der Waals surface area contributed by atoms with Crippen molar-refractivity contribution in [2.24, 2.45) is 5.92 Å². The Morgan fingerprint density at radius 2 is 2.05 bits per heavy atom. The average Bonchev–Trinajstić information content (AvgIpc) is 2.39. The normalized spacial score (nSPS) is 16.8. The number of rotatable bonds is 7. The van der Waals surface area contributed by atoms with Crippen LogP contribution in [0.15, 0.2) is 12.1 Å². The summed E-state index contributed by atoms with van der Waals surface area (Å²) in [5.41, 5.74) is 1.10. The highest BCUT2D eigenvalue weighted by Gasteiger charge is 2.24. The Bertz CT molecular complexity index is 446. The largest absolute Gasteiger partial charge is 0.495 e. The number of nitrogens with one attached hydrogen (secondary N) is 1. The molecule has 4 heteroatoms. The van der Waals surface area contributed by atoms with Crippen molar-refractivity contribution in [1.82, 2.24) is 5.32 Å².